The number of hydrogen-bond donors (Lipinski definition) is 3. The smallest absolute Gasteiger partial charge is 0.331 e. The Hall–Kier alpha value is -2.54. The maximum Gasteiger partial charge on any atom is 0.331 e. The maximum atomic E-state index is 11.8. The van der Waals surface area contributed by atoms with Crippen LogP contribution >= 0.6 is 11.6 Å². The molecule has 8 heteroatoms. The largest absolute Gasteiger partial charge is 0.479 e. The van der Waals surface area contributed by atoms with Crippen LogP contribution in [-0.4, -0.2) is 26.9 Å². The number of halogens is 1. The zero-order valence-corrected chi connectivity index (χ0v) is 11.8. The molecule has 0 radical (unpaired) electrons. The fraction of sp³-hybridized carbons (Fsp3) is 0.154. The van der Waals surface area contributed by atoms with Gasteiger partial charge in [-0.1, -0.05) is 11.6 Å². The van der Waals surface area contributed by atoms with Gasteiger partial charge in [0.25, 0.3) is 0 Å². The first-order chi connectivity index (χ1) is 9.95. The number of aromatic nitrogens is 2. The summed E-state index contributed by atoms with van der Waals surface area (Å²) >= 11 is 5.74. The number of carboxylic acids is 1. The SMILES string of the molecule is Cn1cc(C(NC(=O)Nc2ccc(Cl)cc2)C(=O)O)cn1. The summed E-state index contributed by atoms with van der Waals surface area (Å²) in [6, 6.07) is 4.66. The first-order valence-corrected chi connectivity index (χ1v) is 6.38. The van der Waals surface area contributed by atoms with E-state index >= 15 is 0 Å². The third-order valence-corrected chi connectivity index (χ3v) is 2.93. The first kappa shape index (κ1) is 14.9. The number of anilines is 1. The number of amides is 2. The third-order valence-electron chi connectivity index (χ3n) is 2.68. The van der Waals surface area contributed by atoms with Crippen LogP contribution in [0.15, 0.2) is 36.7 Å². The van der Waals surface area contributed by atoms with Gasteiger partial charge in [0.2, 0.25) is 0 Å². The highest BCUT2D eigenvalue weighted by molar-refractivity contribution is 6.30. The summed E-state index contributed by atoms with van der Waals surface area (Å²) in [6.07, 6.45) is 2.92. The molecule has 0 bridgehead atoms. The van der Waals surface area contributed by atoms with Gasteiger partial charge in [0, 0.05) is 29.5 Å². The lowest BCUT2D eigenvalue weighted by molar-refractivity contribution is -0.139. The molecule has 21 heavy (non-hydrogen) atoms. The molecule has 0 aliphatic rings. The number of nitrogens with zero attached hydrogens (tertiary/aromatic N) is 2. The van der Waals surface area contributed by atoms with Crippen LogP contribution in [0.3, 0.4) is 0 Å². The van der Waals surface area contributed by atoms with Gasteiger partial charge >= 0.3 is 12.0 Å². The summed E-state index contributed by atoms with van der Waals surface area (Å²) in [5.74, 6) is -1.17. The second-order valence-corrected chi connectivity index (χ2v) is 4.76. The Bertz CT molecular complexity index is 654. The fourth-order valence-corrected chi connectivity index (χ4v) is 1.83. The lowest BCUT2D eigenvalue weighted by atomic mass is 10.1. The number of carbonyl (C=O) groups is 2. The molecule has 3 N–H and O–H groups in total. The van der Waals surface area contributed by atoms with Crippen LogP contribution in [-0.2, 0) is 11.8 Å². The topological polar surface area (TPSA) is 96.2 Å². The predicted molar refractivity (Wildman–Crippen MR) is 77.2 cm³/mol. The van der Waals surface area contributed by atoms with E-state index in [1.807, 2.05) is 0 Å². The molecule has 0 aliphatic heterocycles. The van der Waals surface area contributed by atoms with Gasteiger partial charge in [0.1, 0.15) is 0 Å². The van der Waals surface area contributed by atoms with Crippen LogP contribution in [0, 0.1) is 0 Å². The van der Waals surface area contributed by atoms with Crippen molar-refractivity contribution in [1.29, 1.82) is 0 Å². The van der Waals surface area contributed by atoms with E-state index in [1.54, 1.807) is 31.3 Å². The van der Waals surface area contributed by atoms with Crippen molar-refractivity contribution in [2.45, 2.75) is 6.04 Å². The normalized spacial score (nSPS) is 11.7. The summed E-state index contributed by atoms with van der Waals surface area (Å²) in [4.78, 5) is 23.1. The van der Waals surface area contributed by atoms with Gasteiger partial charge in [0.05, 0.1) is 6.20 Å². The number of nitrogens with one attached hydrogen (secondary N) is 2. The van der Waals surface area contributed by atoms with E-state index in [0.29, 0.717) is 16.3 Å². The van der Waals surface area contributed by atoms with Crippen molar-refractivity contribution in [2.75, 3.05) is 5.32 Å². The monoisotopic (exact) mass is 308 g/mol. The Morgan fingerprint density at radius 1 is 1.33 bits per heavy atom. The van der Waals surface area contributed by atoms with Crippen molar-refractivity contribution in [3.63, 3.8) is 0 Å². The summed E-state index contributed by atoms with van der Waals surface area (Å²) in [7, 11) is 1.66. The van der Waals surface area contributed by atoms with E-state index in [-0.39, 0.29) is 0 Å². The molecule has 2 amide bonds. The molecule has 0 spiro atoms. The first-order valence-electron chi connectivity index (χ1n) is 6.00. The molecule has 110 valence electrons. The number of carbonyl (C=O) groups excluding carboxylic acids is 1. The standard InChI is InChI=1S/C13H13ClN4O3/c1-18-7-8(6-15-18)11(12(19)20)17-13(21)16-10-4-2-9(14)3-5-10/h2-7,11H,1H3,(H,19,20)(H2,16,17,21). The van der Waals surface area contributed by atoms with Gasteiger partial charge in [-0.3, -0.25) is 4.68 Å². The van der Waals surface area contributed by atoms with E-state index in [2.05, 4.69) is 15.7 Å². The van der Waals surface area contributed by atoms with Gasteiger partial charge in [-0.25, -0.2) is 9.59 Å². The lowest BCUT2D eigenvalue weighted by Crippen LogP contribution is -2.36. The minimum atomic E-state index is -1.17. The molecule has 1 unspecified atom stereocenters. The van der Waals surface area contributed by atoms with Crippen LogP contribution in [0.1, 0.15) is 11.6 Å². The van der Waals surface area contributed by atoms with E-state index in [1.165, 1.54) is 17.1 Å². The number of hydrogen-bond acceptors (Lipinski definition) is 3. The van der Waals surface area contributed by atoms with Crippen LogP contribution < -0.4 is 10.6 Å². The highest BCUT2D eigenvalue weighted by atomic mass is 35.5. The molecule has 0 aliphatic carbocycles. The second kappa shape index (κ2) is 6.27. The third kappa shape index (κ3) is 3.96. The molecule has 1 aromatic carbocycles. The second-order valence-electron chi connectivity index (χ2n) is 4.32. The Morgan fingerprint density at radius 3 is 2.52 bits per heavy atom. The minimum absolute atomic E-state index is 0.385. The number of aliphatic carboxylic acids is 1. The molecular formula is C13H13ClN4O3. The average molecular weight is 309 g/mol. The summed E-state index contributed by atoms with van der Waals surface area (Å²) < 4.78 is 1.46. The predicted octanol–water partition coefficient (Wildman–Crippen LogP) is 2.02. The van der Waals surface area contributed by atoms with Gasteiger partial charge in [-0.05, 0) is 24.3 Å². The summed E-state index contributed by atoms with van der Waals surface area (Å²) in [5.41, 5.74) is 0.892. The lowest BCUT2D eigenvalue weighted by Gasteiger charge is -2.13. The Kier molecular flexibility index (Phi) is 4.44. The Balaban J connectivity index is 2.05. The summed E-state index contributed by atoms with van der Waals surface area (Å²) in [6.45, 7) is 0. The van der Waals surface area contributed by atoms with Crippen molar-refractivity contribution >= 4 is 29.3 Å². The molecule has 7 nitrogen and oxygen atoms in total. The van der Waals surface area contributed by atoms with Crippen molar-refractivity contribution in [1.82, 2.24) is 15.1 Å². The molecule has 0 saturated carbocycles. The number of carboxylic acid groups (broad SMARTS) is 1. The van der Waals surface area contributed by atoms with E-state index in [9.17, 15) is 14.7 Å². The minimum Gasteiger partial charge on any atom is -0.479 e. The maximum absolute atomic E-state index is 11.8. The van der Waals surface area contributed by atoms with E-state index < -0.39 is 18.0 Å². The molecule has 0 fully saturated rings. The molecule has 1 aromatic heterocycles. The van der Waals surface area contributed by atoms with Gasteiger partial charge < -0.3 is 15.7 Å². The van der Waals surface area contributed by atoms with E-state index in [0.717, 1.165) is 0 Å². The van der Waals surface area contributed by atoms with Crippen LogP contribution in [0.5, 0.6) is 0 Å². The highest BCUT2D eigenvalue weighted by Crippen LogP contribution is 2.15. The average Bonchev–Trinajstić information content (AvgIpc) is 2.85. The number of rotatable bonds is 4. The van der Waals surface area contributed by atoms with Crippen LogP contribution in [0.4, 0.5) is 10.5 Å². The van der Waals surface area contributed by atoms with Crippen molar-refractivity contribution in [2.24, 2.45) is 7.05 Å². The van der Waals surface area contributed by atoms with Gasteiger partial charge in [-0.2, -0.15) is 5.10 Å². The van der Waals surface area contributed by atoms with Gasteiger partial charge in [-0.15, -0.1) is 0 Å². The molecule has 1 heterocycles. The zero-order chi connectivity index (χ0) is 15.4. The van der Waals surface area contributed by atoms with Crippen molar-refractivity contribution in [3.8, 4) is 0 Å². The number of urea groups is 1. The van der Waals surface area contributed by atoms with Crippen LogP contribution in [0.25, 0.3) is 0 Å². The highest BCUT2D eigenvalue weighted by Gasteiger charge is 2.23. The van der Waals surface area contributed by atoms with E-state index in [4.69, 9.17) is 11.6 Å². The number of aryl methyl sites for hydroxylation is 1. The molecule has 0 saturated heterocycles. The summed E-state index contributed by atoms with van der Waals surface area (Å²) in [5, 5.41) is 18.5. The van der Waals surface area contributed by atoms with Gasteiger partial charge in [0.15, 0.2) is 6.04 Å². The zero-order valence-electron chi connectivity index (χ0n) is 11.1. The number of benzene rings is 1. The quantitative estimate of drug-likeness (QED) is 0.805. The molecule has 1 atom stereocenters. The fourth-order valence-electron chi connectivity index (χ4n) is 1.71. The van der Waals surface area contributed by atoms with Crippen molar-refractivity contribution in [3.05, 3.63) is 47.2 Å². The molecule has 2 rings (SSSR count). The molecule has 2 aromatic rings. The Morgan fingerprint density at radius 2 is 2.00 bits per heavy atom. The van der Waals surface area contributed by atoms with Crippen LogP contribution in [0.2, 0.25) is 5.02 Å². The molecular weight excluding hydrogens is 296 g/mol. The van der Waals surface area contributed by atoms with Crippen molar-refractivity contribution < 1.29 is 14.7 Å². The Labute approximate surface area is 125 Å².